The Labute approximate surface area is 122 Å². The fourth-order valence-corrected chi connectivity index (χ4v) is 3.87. The SMILES string of the molecule is O=[N+]([O-])c1c(Br)c(Br)c(Br)c([N+](=O)[O-])c1Br. The molecule has 0 aliphatic carbocycles. The lowest BCUT2D eigenvalue weighted by Gasteiger charge is -2.05. The quantitative estimate of drug-likeness (QED) is 0.267. The average Bonchev–Trinajstić information content (AvgIpc) is 2.13. The summed E-state index contributed by atoms with van der Waals surface area (Å²) in [6.45, 7) is 0. The van der Waals surface area contributed by atoms with E-state index >= 15 is 0 Å². The lowest BCUT2D eigenvalue weighted by molar-refractivity contribution is -0.396. The molecular weight excluding hydrogens is 484 g/mol. The molecule has 0 fully saturated rings. The Morgan fingerprint density at radius 2 is 1.00 bits per heavy atom. The number of halogens is 4. The van der Waals surface area contributed by atoms with Crippen molar-refractivity contribution in [1.29, 1.82) is 0 Å². The van der Waals surface area contributed by atoms with Gasteiger partial charge >= 0.3 is 11.4 Å². The highest BCUT2D eigenvalue weighted by molar-refractivity contribution is 9.14. The zero-order chi connectivity index (χ0) is 12.6. The van der Waals surface area contributed by atoms with Crippen LogP contribution >= 0.6 is 63.7 Å². The van der Waals surface area contributed by atoms with Crippen molar-refractivity contribution >= 4 is 75.1 Å². The predicted molar refractivity (Wildman–Crippen MR) is 70.6 cm³/mol. The van der Waals surface area contributed by atoms with E-state index in [9.17, 15) is 20.2 Å². The average molecular weight is 484 g/mol. The number of hydrogen-bond acceptors (Lipinski definition) is 4. The first-order valence-electron chi connectivity index (χ1n) is 3.43. The number of nitro benzene ring substituents is 2. The molecule has 0 radical (unpaired) electrons. The van der Waals surface area contributed by atoms with Gasteiger partial charge in [0.15, 0.2) is 4.47 Å². The minimum atomic E-state index is -0.710. The van der Waals surface area contributed by atoms with Crippen LogP contribution in [0.2, 0.25) is 0 Å². The number of nitrogens with zero attached hydrogens (tertiary/aromatic N) is 2. The van der Waals surface area contributed by atoms with Crippen LogP contribution in [0.4, 0.5) is 11.4 Å². The van der Waals surface area contributed by atoms with Gasteiger partial charge in [-0.15, -0.1) is 0 Å². The molecule has 0 heterocycles. The molecule has 0 aromatic heterocycles. The van der Waals surface area contributed by atoms with Crippen molar-refractivity contribution in [3.63, 3.8) is 0 Å². The Hall–Kier alpha value is -0.0600. The van der Waals surface area contributed by atoms with Crippen molar-refractivity contribution in [3.8, 4) is 0 Å². The molecule has 1 rings (SSSR count). The van der Waals surface area contributed by atoms with Crippen molar-refractivity contribution < 1.29 is 9.85 Å². The van der Waals surface area contributed by atoms with Gasteiger partial charge in [-0.3, -0.25) is 20.2 Å². The van der Waals surface area contributed by atoms with E-state index in [2.05, 4.69) is 63.7 Å². The molecule has 0 atom stereocenters. The fraction of sp³-hybridized carbons (Fsp3) is 0. The van der Waals surface area contributed by atoms with Gasteiger partial charge < -0.3 is 0 Å². The third kappa shape index (κ3) is 2.29. The molecule has 0 unspecified atom stereocenters. The maximum absolute atomic E-state index is 10.8. The summed E-state index contributed by atoms with van der Waals surface area (Å²) in [6, 6.07) is 0. The van der Waals surface area contributed by atoms with Gasteiger partial charge in [-0.05, 0) is 63.7 Å². The van der Waals surface area contributed by atoms with Gasteiger partial charge in [0.1, 0.15) is 8.95 Å². The van der Waals surface area contributed by atoms with E-state index in [1.165, 1.54) is 0 Å². The second-order valence-corrected chi connectivity index (χ2v) is 5.64. The van der Waals surface area contributed by atoms with Crippen LogP contribution < -0.4 is 0 Å². The van der Waals surface area contributed by atoms with Gasteiger partial charge in [0.25, 0.3) is 0 Å². The number of nitro groups is 2. The van der Waals surface area contributed by atoms with Crippen molar-refractivity contribution in [1.82, 2.24) is 0 Å². The van der Waals surface area contributed by atoms with Crippen LogP contribution in [0.3, 0.4) is 0 Å². The van der Waals surface area contributed by atoms with Gasteiger partial charge in [0, 0.05) is 0 Å². The Balaban J connectivity index is 3.80. The van der Waals surface area contributed by atoms with Crippen LogP contribution in [0.5, 0.6) is 0 Å². The second kappa shape index (κ2) is 5.07. The molecule has 86 valence electrons. The van der Waals surface area contributed by atoms with E-state index in [1.54, 1.807) is 0 Å². The third-order valence-electron chi connectivity index (χ3n) is 1.58. The second-order valence-electron chi connectivity index (χ2n) is 2.47. The molecule has 10 heteroatoms. The van der Waals surface area contributed by atoms with Gasteiger partial charge in [-0.1, -0.05) is 0 Å². The van der Waals surface area contributed by atoms with Crippen LogP contribution in [-0.2, 0) is 0 Å². The summed E-state index contributed by atoms with van der Waals surface area (Å²) in [5.41, 5.74) is -0.802. The molecule has 0 aliphatic rings. The smallest absolute Gasteiger partial charge is 0.258 e. The molecule has 16 heavy (non-hydrogen) atoms. The Morgan fingerprint density at radius 1 is 0.688 bits per heavy atom. The first kappa shape index (κ1) is 14.0. The zero-order valence-electron chi connectivity index (χ0n) is 7.04. The molecule has 0 N–H and O–H groups in total. The normalized spacial score (nSPS) is 10.2. The summed E-state index contributed by atoms with van der Waals surface area (Å²) in [5, 5.41) is 21.5. The van der Waals surface area contributed by atoms with Gasteiger partial charge in [0.05, 0.1) is 14.3 Å². The van der Waals surface area contributed by atoms with Crippen LogP contribution in [-0.4, -0.2) is 9.85 Å². The summed E-state index contributed by atoms with van der Waals surface area (Å²) in [6.07, 6.45) is 0. The van der Waals surface area contributed by atoms with Crippen molar-refractivity contribution in [3.05, 3.63) is 38.1 Å². The molecule has 6 nitrogen and oxygen atoms in total. The molecular formula is C6Br4N2O4. The molecule has 1 aromatic rings. The van der Waals surface area contributed by atoms with E-state index in [1.807, 2.05) is 0 Å². The molecule has 0 aliphatic heterocycles. The van der Waals surface area contributed by atoms with Crippen LogP contribution in [0.15, 0.2) is 17.9 Å². The van der Waals surface area contributed by atoms with Crippen molar-refractivity contribution in [2.75, 3.05) is 0 Å². The van der Waals surface area contributed by atoms with Crippen LogP contribution in [0.25, 0.3) is 0 Å². The highest BCUT2D eigenvalue weighted by Crippen LogP contribution is 2.49. The maximum Gasteiger partial charge on any atom is 0.305 e. The largest absolute Gasteiger partial charge is 0.305 e. The highest BCUT2D eigenvalue weighted by Gasteiger charge is 2.32. The van der Waals surface area contributed by atoms with Gasteiger partial charge in [-0.25, -0.2) is 0 Å². The summed E-state index contributed by atoms with van der Waals surface area (Å²) in [5.74, 6) is 0. The van der Waals surface area contributed by atoms with Crippen LogP contribution in [0, 0.1) is 20.2 Å². The number of rotatable bonds is 2. The zero-order valence-corrected chi connectivity index (χ0v) is 13.4. The van der Waals surface area contributed by atoms with Crippen molar-refractivity contribution in [2.45, 2.75) is 0 Å². The van der Waals surface area contributed by atoms with Crippen molar-refractivity contribution in [2.24, 2.45) is 0 Å². The van der Waals surface area contributed by atoms with Gasteiger partial charge in [0.2, 0.25) is 0 Å². The molecule has 0 amide bonds. The summed E-state index contributed by atoms with van der Waals surface area (Å²) >= 11 is 11.9. The molecule has 0 bridgehead atoms. The molecule has 0 spiro atoms. The monoisotopic (exact) mass is 480 g/mol. The standard InChI is InChI=1S/C6Br4N2O4/c7-1-2(8)5(11(13)14)4(10)6(3(1)9)12(15)16. The summed E-state index contributed by atoms with van der Waals surface area (Å²) in [7, 11) is 0. The minimum Gasteiger partial charge on any atom is -0.258 e. The van der Waals surface area contributed by atoms with E-state index in [-0.39, 0.29) is 17.9 Å². The number of benzene rings is 1. The van der Waals surface area contributed by atoms with E-state index in [0.29, 0.717) is 0 Å². The minimum absolute atomic E-state index is 0.127. The first-order chi connectivity index (χ1) is 7.29. The van der Waals surface area contributed by atoms with E-state index < -0.39 is 21.2 Å². The highest BCUT2D eigenvalue weighted by atomic mass is 79.9. The Morgan fingerprint density at radius 3 is 1.25 bits per heavy atom. The van der Waals surface area contributed by atoms with E-state index in [0.717, 1.165) is 0 Å². The summed E-state index contributed by atoms with van der Waals surface area (Å²) < 4.78 is 0.280. The molecule has 1 aromatic carbocycles. The van der Waals surface area contributed by atoms with E-state index in [4.69, 9.17) is 0 Å². The lowest BCUT2D eigenvalue weighted by Crippen LogP contribution is -1.98. The fourth-order valence-electron chi connectivity index (χ4n) is 0.930. The third-order valence-corrected chi connectivity index (χ3v) is 5.73. The topological polar surface area (TPSA) is 86.3 Å². The molecule has 0 saturated heterocycles. The lowest BCUT2D eigenvalue weighted by atomic mass is 10.3. The van der Waals surface area contributed by atoms with Crippen LogP contribution in [0.1, 0.15) is 0 Å². The predicted octanol–water partition coefficient (Wildman–Crippen LogP) is 4.55. The Kier molecular flexibility index (Phi) is 4.43. The summed E-state index contributed by atoms with van der Waals surface area (Å²) in [4.78, 5) is 20.1. The van der Waals surface area contributed by atoms with Gasteiger partial charge in [-0.2, -0.15) is 0 Å². The molecule has 0 saturated carbocycles. The number of hydrogen-bond donors (Lipinski definition) is 0. The first-order valence-corrected chi connectivity index (χ1v) is 6.61. The maximum atomic E-state index is 10.8. The Bertz CT molecular complexity index is 463.